The van der Waals surface area contributed by atoms with Crippen LogP contribution in [0.15, 0.2) is 0 Å². The van der Waals surface area contributed by atoms with E-state index in [2.05, 4.69) is 0 Å². The zero-order chi connectivity index (χ0) is 8.08. The van der Waals surface area contributed by atoms with Gasteiger partial charge in [0.05, 0.1) is 0 Å². The topological polar surface area (TPSA) is 94.8 Å². The Kier molecular flexibility index (Phi) is 15.0. The Morgan fingerprint density at radius 2 is 1.20 bits per heavy atom. The summed E-state index contributed by atoms with van der Waals surface area (Å²) in [5, 5.41) is 8.06. The van der Waals surface area contributed by atoms with Crippen molar-refractivity contribution in [3.63, 3.8) is 0 Å². The van der Waals surface area contributed by atoms with E-state index in [1.54, 1.807) is 13.8 Å². The molecule has 0 aromatic rings. The average Bonchev–Trinajstić information content (AvgIpc) is 1.19. The number of hydrogen-bond acceptors (Lipinski definition) is 3. The zero-order valence-electron chi connectivity index (χ0n) is 5.14. The van der Waals surface area contributed by atoms with E-state index in [1.807, 2.05) is 0 Å². The normalized spacial score (nSPS) is 9.40. The first kappa shape index (κ1) is 17.5. The van der Waals surface area contributed by atoms with Crippen LogP contribution >= 0.6 is 0 Å². The number of rotatable bonds is 0. The van der Waals surface area contributed by atoms with E-state index in [9.17, 15) is 0 Å². The van der Waals surface area contributed by atoms with Crippen LogP contribution in [0, 0.1) is 0 Å². The predicted octanol–water partition coefficient (Wildman–Crippen LogP) is -0.914. The molecule has 0 saturated carbocycles. The summed E-state index contributed by atoms with van der Waals surface area (Å²) in [7, 11) is -4.67. The minimum atomic E-state index is -4.67. The van der Waals surface area contributed by atoms with E-state index in [0.717, 1.165) is 0 Å². The van der Waals surface area contributed by atoms with Crippen LogP contribution in [0.1, 0.15) is 13.8 Å². The fourth-order valence-corrected chi connectivity index (χ4v) is 0. The number of aliphatic hydroxyl groups is 1. The minimum absolute atomic E-state index is 0. The second kappa shape index (κ2) is 8.56. The monoisotopic (exact) mass is 198 g/mol. The Hall–Kier alpha value is 1.47. The Balaban J connectivity index is -0.0000000910. The summed E-state index contributed by atoms with van der Waals surface area (Å²) in [5.41, 5.74) is 0. The maximum absolute atomic E-state index is 8.74. The fourth-order valence-electron chi connectivity index (χ4n) is 0. The van der Waals surface area contributed by atoms with Crippen molar-refractivity contribution in [2.75, 3.05) is 0 Å². The zero-order valence-corrected chi connectivity index (χ0v) is 5.96. The van der Waals surface area contributed by atoms with E-state index < -0.39 is 10.4 Å². The van der Waals surface area contributed by atoms with Crippen LogP contribution < -0.4 is 0 Å². The maximum atomic E-state index is 8.74. The molecule has 0 fully saturated rings. The van der Waals surface area contributed by atoms with Gasteiger partial charge in [0, 0.05) is 6.10 Å². The molecule has 0 aromatic carbocycles. The van der Waals surface area contributed by atoms with Crippen molar-refractivity contribution in [1.82, 2.24) is 0 Å². The number of aliphatic hydroxyl groups excluding tert-OH is 1. The first-order valence-corrected chi connectivity index (χ1v) is 3.51. The van der Waals surface area contributed by atoms with Crippen molar-refractivity contribution in [1.29, 1.82) is 0 Å². The van der Waals surface area contributed by atoms with Crippen molar-refractivity contribution >= 4 is 61.8 Å². The van der Waals surface area contributed by atoms with Gasteiger partial charge in [-0.2, -0.15) is 8.42 Å². The number of hydrogen-bond donors (Lipinski definition) is 3. The fraction of sp³-hybridized carbons (Fsp3) is 1.00. The molecule has 0 heterocycles. The summed E-state index contributed by atoms with van der Waals surface area (Å²) in [6.07, 6.45) is -0.167. The van der Waals surface area contributed by atoms with Crippen LogP contribution in [0.5, 0.6) is 0 Å². The third-order valence-corrected chi connectivity index (χ3v) is 0. The van der Waals surface area contributed by atoms with Crippen molar-refractivity contribution in [2.45, 2.75) is 20.0 Å². The van der Waals surface area contributed by atoms with Gasteiger partial charge in [-0.05, 0) is 13.8 Å². The first-order valence-electron chi connectivity index (χ1n) is 2.11. The summed E-state index contributed by atoms with van der Waals surface area (Å²) < 4.78 is 31.6. The molecule has 0 aliphatic rings. The molecule has 0 rings (SSSR count). The molecule has 3 N–H and O–H groups in total. The molecular weight excluding hydrogens is 187 g/mol. The van der Waals surface area contributed by atoms with Gasteiger partial charge in [-0.3, -0.25) is 9.11 Å². The van der Waals surface area contributed by atoms with Gasteiger partial charge in [0.25, 0.3) is 0 Å². The quantitative estimate of drug-likeness (QED) is 0.346. The van der Waals surface area contributed by atoms with Crippen molar-refractivity contribution in [3.8, 4) is 0 Å². The Morgan fingerprint density at radius 1 is 1.20 bits per heavy atom. The van der Waals surface area contributed by atoms with E-state index >= 15 is 0 Å². The van der Waals surface area contributed by atoms with Gasteiger partial charge in [0.15, 0.2) is 0 Å². The van der Waals surface area contributed by atoms with E-state index in [0.29, 0.717) is 0 Å². The van der Waals surface area contributed by atoms with Gasteiger partial charge in [-0.15, -0.1) is 0 Å². The van der Waals surface area contributed by atoms with Crippen LogP contribution in [-0.2, 0) is 10.4 Å². The van der Waals surface area contributed by atoms with Gasteiger partial charge in [-0.25, -0.2) is 0 Å². The van der Waals surface area contributed by atoms with E-state index in [1.165, 1.54) is 0 Å². The molecule has 0 amide bonds. The molecule has 0 bridgehead atoms. The summed E-state index contributed by atoms with van der Waals surface area (Å²) in [4.78, 5) is 0. The second-order valence-corrected chi connectivity index (χ2v) is 2.44. The van der Waals surface area contributed by atoms with Crippen molar-refractivity contribution in [2.24, 2.45) is 0 Å². The molecule has 0 aromatic heterocycles. The molecule has 0 aliphatic carbocycles. The van der Waals surface area contributed by atoms with E-state index in [4.69, 9.17) is 22.6 Å². The molecule has 7 heteroatoms. The second-order valence-electron chi connectivity index (χ2n) is 1.54. The molecule has 0 unspecified atom stereocenters. The third kappa shape index (κ3) is 316. The van der Waals surface area contributed by atoms with Crippen LogP contribution in [0.3, 0.4) is 0 Å². The molecule has 0 radical (unpaired) electrons. The molecule has 5 nitrogen and oxygen atoms in total. The summed E-state index contributed by atoms with van der Waals surface area (Å²) >= 11 is 0. The van der Waals surface area contributed by atoms with Crippen molar-refractivity contribution < 1.29 is 22.6 Å². The van der Waals surface area contributed by atoms with Crippen LogP contribution in [0.4, 0.5) is 0 Å². The van der Waals surface area contributed by atoms with Gasteiger partial charge < -0.3 is 5.11 Å². The molecule has 0 atom stereocenters. The van der Waals surface area contributed by atoms with Crippen LogP contribution in [0.25, 0.3) is 0 Å². The molecule has 0 saturated heterocycles. The molecule has 0 spiro atoms. The van der Waals surface area contributed by atoms with Gasteiger partial charge in [0.2, 0.25) is 0 Å². The Labute approximate surface area is 103 Å². The van der Waals surface area contributed by atoms with Crippen LogP contribution in [-0.4, -0.2) is 80.1 Å². The molecule has 10 heavy (non-hydrogen) atoms. The van der Waals surface area contributed by atoms with Gasteiger partial charge in [0.1, 0.15) is 0 Å². The molecule has 0 aliphatic heterocycles. The average molecular weight is 198 g/mol. The molecular formula is C3H11KO5S. The Morgan fingerprint density at radius 3 is 1.20 bits per heavy atom. The standard InChI is InChI=1S/C3H8O.K.H2O4S.H/c1-3(2)4;;1-5(2,3)4;/h3-4H,1-2H3;;(H2,1,2,3,4);. The summed E-state index contributed by atoms with van der Waals surface area (Å²) in [6, 6.07) is 0. The van der Waals surface area contributed by atoms with Gasteiger partial charge in [-0.1, -0.05) is 0 Å². The Bertz CT molecular complexity index is 128. The third-order valence-electron chi connectivity index (χ3n) is 0. The SMILES string of the molecule is CC(C)O.O=S(=O)(O)O.[KH]. The van der Waals surface area contributed by atoms with Gasteiger partial charge >= 0.3 is 61.8 Å². The first-order chi connectivity index (χ1) is 3.73. The molecule has 60 valence electrons. The van der Waals surface area contributed by atoms with E-state index in [-0.39, 0.29) is 57.5 Å². The predicted molar refractivity (Wildman–Crippen MR) is 38.7 cm³/mol. The van der Waals surface area contributed by atoms with Crippen LogP contribution in [0.2, 0.25) is 0 Å². The van der Waals surface area contributed by atoms with Crippen molar-refractivity contribution in [3.05, 3.63) is 0 Å². The summed E-state index contributed by atoms with van der Waals surface area (Å²) in [5.74, 6) is 0. The summed E-state index contributed by atoms with van der Waals surface area (Å²) in [6.45, 7) is 3.44.